The molecule has 1 rings (SSSR count). The van der Waals surface area contributed by atoms with Gasteiger partial charge in [0.2, 0.25) is 5.88 Å². The summed E-state index contributed by atoms with van der Waals surface area (Å²) in [5.41, 5.74) is 5.94. The zero-order valence-corrected chi connectivity index (χ0v) is 10.3. The first-order valence-electron chi connectivity index (χ1n) is 3.64. The number of rotatable bonds is 2. The molecule has 0 unspecified atom stereocenters. The lowest BCUT2D eigenvalue weighted by molar-refractivity contribution is -0.276. The minimum absolute atomic E-state index is 0.153. The first-order chi connectivity index (χ1) is 6.83. The Kier molecular flexibility index (Phi) is 3.96. The van der Waals surface area contributed by atoms with E-state index >= 15 is 0 Å². The third-order valence-electron chi connectivity index (χ3n) is 1.42. The number of halogens is 5. The molecule has 0 aliphatic carbocycles. The van der Waals surface area contributed by atoms with Crippen LogP contribution in [0.25, 0.3) is 0 Å². The number of hydrogen-bond donors (Lipinski definition) is 1. The quantitative estimate of drug-likeness (QED) is 0.835. The molecule has 1 aromatic rings. The monoisotopic (exact) mass is 348 g/mol. The maximum absolute atomic E-state index is 11.9. The second kappa shape index (κ2) is 4.67. The molecule has 0 radical (unpaired) electrons. The third kappa shape index (κ3) is 3.62. The van der Waals surface area contributed by atoms with E-state index in [2.05, 4.69) is 41.6 Å². The first-order valence-corrected chi connectivity index (χ1v) is 5.23. The molecule has 15 heavy (non-hydrogen) atoms. The van der Waals surface area contributed by atoms with Crippen LogP contribution < -0.4 is 10.5 Å². The highest BCUT2D eigenvalue weighted by molar-refractivity contribution is 9.11. The second-order valence-electron chi connectivity index (χ2n) is 2.46. The van der Waals surface area contributed by atoms with Gasteiger partial charge in [-0.15, -0.1) is 13.2 Å². The molecule has 0 saturated heterocycles. The first kappa shape index (κ1) is 12.7. The number of nitrogens with zero attached hydrogens (tertiary/aromatic N) is 1. The molecular formula is C7H5Br2F3N2O. The van der Waals surface area contributed by atoms with Gasteiger partial charge >= 0.3 is 6.36 Å². The fourth-order valence-electron chi connectivity index (χ4n) is 0.843. The zero-order chi connectivity index (χ0) is 11.6. The molecule has 1 aromatic heterocycles. The van der Waals surface area contributed by atoms with Crippen LogP contribution in [0.15, 0.2) is 15.1 Å². The van der Waals surface area contributed by atoms with Crippen LogP contribution in [0.1, 0.15) is 5.56 Å². The number of hydrogen-bond acceptors (Lipinski definition) is 3. The highest BCUT2D eigenvalue weighted by Gasteiger charge is 2.32. The second-order valence-corrected chi connectivity index (χ2v) is 4.07. The predicted octanol–water partition coefficient (Wildman–Crippen LogP) is 2.96. The lowest BCUT2D eigenvalue weighted by atomic mass is 10.3. The third-order valence-corrected chi connectivity index (χ3v) is 2.78. The summed E-state index contributed by atoms with van der Waals surface area (Å²) in [6, 6.07) is 1.11. The fraction of sp³-hybridized carbons (Fsp3) is 0.286. The Labute approximate surface area is 100 Å². The van der Waals surface area contributed by atoms with Crippen molar-refractivity contribution in [2.45, 2.75) is 12.9 Å². The molecule has 0 spiro atoms. The van der Waals surface area contributed by atoms with Crippen LogP contribution in [0.3, 0.4) is 0 Å². The van der Waals surface area contributed by atoms with E-state index in [0.717, 1.165) is 6.07 Å². The summed E-state index contributed by atoms with van der Waals surface area (Å²) in [5.74, 6) is -0.543. The molecule has 0 aliphatic heterocycles. The van der Waals surface area contributed by atoms with Crippen molar-refractivity contribution in [2.75, 3.05) is 0 Å². The average molecular weight is 350 g/mol. The Morgan fingerprint density at radius 2 is 2.00 bits per heavy atom. The van der Waals surface area contributed by atoms with Crippen LogP contribution in [0.4, 0.5) is 13.2 Å². The number of pyridine rings is 1. The average Bonchev–Trinajstić information content (AvgIpc) is 1.99. The van der Waals surface area contributed by atoms with Gasteiger partial charge in [0.1, 0.15) is 4.60 Å². The minimum Gasteiger partial charge on any atom is -0.388 e. The molecule has 0 aromatic carbocycles. The van der Waals surface area contributed by atoms with E-state index in [1.807, 2.05) is 0 Å². The van der Waals surface area contributed by atoms with Gasteiger partial charge < -0.3 is 10.5 Å². The molecule has 0 fully saturated rings. The van der Waals surface area contributed by atoms with Crippen LogP contribution in [-0.4, -0.2) is 11.3 Å². The highest BCUT2D eigenvalue weighted by Crippen LogP contribution is 2.30. The summed E-state index contributed by atoms with van der Waals surface area (Å²) in [5, 5.41) is 0. The van der Waals surface area contributed by atoms with Crippen molar-refractivity contribution in [3.05, 3.63) is 20.7 Å². The van der Waals surface area contributed by atoms with Crippen molar-refractivity contribution in [3.8, 4) is 5.88 Å². The van der Waals surface area contributed by atoms with Crippen LogP contribution in [0.2, 0.25) is 0 Å². The SMILES string of the molecule is NCc1c(Br)cc(OC(F)(F)F)nc1Br. The maximum Gasteiger partial charge on any atom is 0.574 e. The predicted molar refractivity (Wildman–Crippen MR) is 54.2 cm³/mol. The normalized spacial score (nSPS) is 11.6. The summed E-state index contributed by atoms with van der Waals surface area (Å²) in [7, 11) is 0. The van der Waals surface area contributed by atoms with Crippen molar-refractivity contribution in [1.29, 1.82) is 0 Å². The van der Waals surface area contributed by atoms with E-state index < -0.39 is 12.2 Å². The number of ether oxygens (including phenoxy) is 1. The molecule has 0 amide bonds. The standard InChI is InChI=1S/C7H5Br2F3N2O/c8-4-1-5(15-7(10,11)12)14-6(9)3(4)2-13/h1H,2,13H2. The van der Waals surface area contributed by atoms with Crippen molar-refractivity contribution in [3.63, 3.8) is 0 Å². The lowest BCUT2D eigenvalue weighted by Gasteiger charge is -2.10. The molecule has 0 bridgehead atoms. The molecule has 0 aliphatic rings. The summed E-state index contributed by atoms with van der Waals surface area (Å²) in [6.45, 7) is 0.153. The highest BCUT2D eigenvalue weighted by atomic mass is 79.9. The van der Waals surface area contributed by atoms with Crippen LogP contribution >= 0.6 is 31.9 Å². The van der Waals surface area contributed by atoms with Crippen LogP contribution in [-0.2, 0) is 6.54 Å². The van der Waals surface area contributed by atoms with Gasteiger partial charge in [0, 0.05) is 22.6 Å². The van der Waals surface area contributed by atoms with Crippen molar-refractivity contribution < 1.29 is 17.9 Å². The van der Waals surface area contributed by atoms with Crippen LogP contribution in [0.5, 0.6) is 5.88 Å². The molecule has 1 heterocycles. The van der Waals surface area contributed by atoms with Gasteiger partial charge in [-0.2, -0.15) is 0 Å². The molecular weight excluding hydrogens is 345 g/mol. The Balaban J connectivity index is 3.04. The van der Waals surface area contributed by atoms with E-state index in [4.69, 9.17) is 5.73 Å². The zero-order valence-electron chi connectivity index (χ0n) is 7.11. The van der Waals surface area contributed by atoms with Gasteiger partial charge in [-0.25, -0.2) is 4.98 Å². The molecule has 84 valence electrons. The molecule has 2 N–H and O–H groups in total. The lowest BCUT2D eigenvalue weighted by Crippen LogP contribution is -2.18. The number of alkyl halides is 3. The molecule has 0 atom stereocenters. The van der Waals surface area contributed by atoms with Gasteiger partial charge in [0.15, 0.2) is 0 Å². The minimum atomic E-state index is -4.75. The summed E-state index contributed by atoms with van der Waals surface area (Å²) >= 11 is 6.07. The van der Waals surface area contributed by atoms with Crippen molar-refractivity contribution in [1.82, 2.24) is 4.98 Å². The number of nitrogens with two attached hydrogens (primary N) is 1. The smallest absolute Gasteiger partial charge is 0.388 e. The Morgan fingerprint density at radius 3 is 2.40 bits per heavy atom. The van der Waals surface area contributed by atoms with E-state index in [0.29, 0.717) is 10.0 Å². The van der Waals surface area contributed by atoms with E-state index in [-0.39, 0.29) is 11.1 Å². The maximum atomic E-state index is 11.9. The largest absolute Gasteiger partial charge is 0.574 e. The van der Waals surface area contributed by atoms with Crippen molar-refractivity contribution >= 4 is 31.9 Å². The Hall–Kier alpha value is -0.340. The fourth-order valence-corrected chi connectivity index (χ4v) is 2.20. The number of aromatic nitrogens is 1. The Bertz CT molecular complexity index is 347. The van der Waals surface area contributed by atoms with Gasteiger partial charge in [-0.3, -0.25) is 0 Å². The summed E-state index contributed by atoms with van der Waals surface area (Å²) < 4.78 is 39.9. The molecule has 0 saturated carbocycles. The van der Waals surface area contributed by atoms with E-state index in [1.165, 1.54) is 0 Å². The molecule has 3 nitrogen and oxygen atoms in total. The Morgan fingerprint density at radius 1 is 1.40 bits per heavy atom. The summed E-state index contributed by atoms with van der Waals surface area (Å²) in [6.07, 6.45) is -4.75. The van der Waals surface area contributed by atoms with Crippen LogP contribution in [0, 0.1) is 0 Å². The van der Waals surface area contributed by atoms with Gasteiger partial charge in [-0.05, 0) is 15.9 Å². The van der Waals surface area contributed by atoms with Crippen molar-refractivity contribution in [2.24, 2.45) is 5.73 Å². The molecule has 8 heteroatoms. The summed E-state index contributed by atoms with van der Waals surface area (Å²) in [4.78, 5) is 3.55. The van der Waals surface area contributed by atoms with E-state index in [9.17, 15) is 13.2 Å². The van der Waals surface area contributed by atoms with Gasteiger partial charge in [0.25, 0.3) is 0 Å². The van der Waals surface area contributed by atoms with Gasteiger partial charge in [0.05, 0.1) is 0 Å². The van der Waals surface area contributed by atoms with E-state index in [1.54, 1.807) is 0 Å². The van der Waals surface area contributed by atoms with Gasteiger partial charge in [-0.1, -0.05) is 15.9 Å². The topological polar surface area (TPSA) is 48.1 Å².